The zero-order valence-corrected chi connectivity index (χ0v) is 14.1. The van der Waals surface area contributed by atoms with Crippen LogP contribution in [-0.4, -0.2) is 20.2 Å². The fraction of sp³-hybridized carbons (Fsp3) is 0. The van der Waals surface area contributed by atoms with Gasteiger partial charge >= 0.3 is 0 Å². The lowest BCUT2D eigenvalue weighted by molar-refractivity contribution is 1.12. The summed E-state index contributed by atoms with van der Waals surface area (Å²) in [6.07, 6.45) is 3.39. The number of aromatic amines is 2. The molecule has 7 heteroatoms. The molecule has 3 aromatic heterocycles. The first-order chi connectivity index (χ1) is 12.6. The molecule has 0 amide bonds. The van der Waals surface area contributed by atoms with Crippen LogP contribution in [0.25, 0.3) is 43.8 Å². The molecule has 0 aliphatic rings. The minimum Gasteiger partial charge on any atom is -0.394 e. The number of nitrogens with two attached hydrogens (primary N) is 1. The number of nitrogens with one attached hydrogen (secondary N) is 2. The van der Waals surface area contributed by atoms with E-state index in [1.807, 2.05) is 30.3 Å². The Hall–Kier alpha value is -3.38. The second-order valence-corrected chi connectivity index (χ2v) is 6.47. The summed E-state index contributed by atoms with van der Waals surface area (Å²) >= 11 is 6.47. The van der Waals surface area contributed by atoms with Gasteiger partial charge in [-0.25, -0.2) is 0 Å². The highest BCUT2D eigenvalue weighted by Gasteiger charge is 2.18. The molecule has 6 nitrogen and oxygen atoms in total. The fourth-order valence-corrected chi connectivity index (χ4v) is 3.72. The van der Waals surface area contributed by atoms with Gasteiger partial charge in [0.05, 0.1) is 27.8 Å². The Bertz CT molecular complexity index is 1390. The van der Waals surface area contributed by atoms with E-state index in [1.54, 1.807) is 18.5 Å². The molecule has 0 aliphatic heterocycles. The third kappa shape index (κ3) is 1.96. The molecule has 4 N–H and O–H groups in total. The number of benzene rings is 2. The number of aromatic nitrogens is 4. The third-order valence-electron chi connectivity index (χ3n) is 4.62. The van der Waals surface area contributed by atoms with Gasteiger partial charge in [0.25, 0.3) is 5.56 Å². The SMILES string of the molecule is Nc1c(-c2cccc3[nH]ncc23)c2cc(Cl)c3ncccc3c2[nH]c1=O. The van der Waals surface area contributed by atoms with Crippen molar-refractivity contribution in [2.45, 2.75) is 0 Å². The molecule has 126 valence electrons. The number of H-pyrrole nitrogens is 2. The number of fused-ring (bicyclic) bond motifs is 4. The number of halogens is 1. The summed E-state index contributed by atoms with van der Waals surface area (Å²) in [5, 5.41) is 9.96. The lowest BCUT2D eigenvalue weighted by Gasteiger charge is -2.13. The molecular formula is C19H12ClN5O. The smallest absolute Gasteiger partial charge is 0.272 e. The van der Waals surface area contributed by atoms with Crippen molar-refractivity contribution in [2.75, 3.05) is 5.73 Å². The van der Waals surface area contributed by atoms with Gasteiger partial charge in [0, 0.05) is 27.9 Å². The number of anilines is 1. The van der Waals surface area contributed by atoms with Crippen LogP contribution >= 0.6 is 11.6 Å². The summed E-state index contributed by atoms with van der Waals surface area (Å²) in [5.41, 5.74) is 9.62. The van der Waals surface area contributed by atoms with E-state index in [-0.39, 0.29) is 11.2 Å². The first-order valence-electron chi connectivity index (χ1n) is 7.96. The Morgan fingerprint density at radius 1 is 1.08 bits per heavy atom. The van der Waals surface area contributed by atoms with Gasteiger partial charge in [0.2, 0.25) is 0 Å². The normalized spacial score (nSPS) is 11.6. The Morgan fingerprint density at radius 2 is 1.96 bits per heavy atom. The van der Waals surface area contributed by atoms with Crippen molar-refractivity contribution in [1.82, 2.24) is 20.2 Å². The maximum atomic E-state index is 12.6. The Balaban J connectivity index is 2.04. The van der Waals surface area contributed by atoms with Crippen LogP contribution in [0.3, 0.4) is 0 Å². The predicted octanol–water partition coefficient (Wildman–Crippen LogP) is 3.86. The van der Waals surface area contributed by atoms with E-state index in [1.165, 1.54) is 0 Å². The highest BCUT2D eigenvalue weighted by Crippen LogP contribution is 2.39. The number of rotatable bonds is 1. The Kier molecular flexibility index (Phi) is 3.05. The zero-order valence-electron chi connectivity index (χ0n) is 13.4. The summed E-state index contributed by atoms with van der Waals surface area (Å²) in [7, 11) is 0. The van der Waals surface area contributed by atoms with Gasteiger partial charge in [-0.1, -0.05) is 23.7 Å². The van der Waals surface area contributed by atoms with Gasteiger partial charge in [-0.15, -0.1) is 0 Å². The van der Waals surface area contributed by atoms with Crippen molar-refractivity contribution in [1.29, 1.82) is 0 Å². The molecule has 5 aromatic rings. The van der Waals surface area contributed by atoms with Gasteiger partial charge in [-0.2, -0.15) is 5.10 Å². The fourth-order valence-electron chi connectivity index (χ4n) is 3.46. The number of pyridine rings is 2. The minimum absolute atomic E-state index is 0.144. The van der Waals surface area contributed by atoms with E-state index >= 15 is 0 Å². The zero-order chi connectivity index (χ0) is 17.8. The lowest BCUT2D eigenvalue weighted by atomic mass is 9.95. The van der Waals surface area contributed by atoms with Crippen molar-refractivity contribution in [3.63, 3.8) is 0 Å². The van der Waals surface area contributed by atoms with Crippen LogP contribution in [0.1, 0.15) is 0 Å². The van der Waals surface area contributed by atoms with Crippen LogP contribution in [0, 0.1) is 0 Å². The van der Waals surface area contributed by atoms with Crippen LogP contribution in [0.4, 0.5) is 5.69 Å². The van der Waals surface area contributed by atoms with Gasteiger partial charge in [-0.3, -0.25) is 14.9 Å². The van der Waals surface area contributed by atoms with E-state index in [2.05, 4.69) is 20.2 Å². The van der Waals surface area contributed by atoms with Gasteiger partial charge in [0.1, 0.15) is 5.69 Å². The Morgan fingerprint density at radius 3 is 2.85 bits per heavy atom. The van der Waals surface area contributed by atoms with Crippen LogP contribution < -0.4 is 11.3 Å². The molecule has 26 heavy (non-hydrogen) atoms. The first-order valence-corrected chi connectivity index (χ1v) is 8.34. The largest absolute Gasteiger partial charge is 0.394 e. The summed E-state index contributed by atoms with van der Waals surface area (Å²) in [6.45, 7) is 0. The molecule has 2 aromatic carbocycles. The van der Waals surface area contributed by atoms with Crippen LogP contribution in [-0.2, 0) is 0 Å². The maximum absolute atomic E-state index is 12.6. The standard InChI is InChI=1S/C19H12ClN5O/c20-13-7-11-15(9-3-1-5-14-12(9)8-23-25-14)16(21)19(26)24-17(11)10-4-2-6-22-18(10)13/h1-8H,21H2,(H,23,25)(H,24,26). The minimum atomic E-state index is -0.347. The topological polar surface area (TPSA) is 100 Å². The number of nitrogen functional groups attached to an aromatic ring is 1. The van der Waals surface area contributed by atoms with Crippen molar-refractivity contribution in [2.24, 2.45) is 0 Å². The summed E-state index contributed by atoms with van der Waals surface area (Å²) in [4.78, 5) is 19.8. The summed E-state index contributed by atoms with van der Waals surface area (Å²) in [6, 6.07) is 11.2. The molecule has 0 unspecified atom stereocenters. The number of nitrogens with zero attached hydrogens (tertiary/aromatic N) is 2. The average Bonchev–Trinajstić information content (AvgIpc) is 3.13. The van der Waals surface area contributed by atoms with E-state index in [0.29, 0.717) is 21.6 Å². The molecule has 0 saturated heterocycles. The average molecular weight is 362 g/mol. The van der Waals surface area contributed by atoms with Crippen molar-refractivity contribution < 1.29 is 0 Å². The van der Waals surface area contributed by atoms with Crippen LogP contribution in [0.2, 0.25) is 5.02 Å². The van der Waals surface area contributed by atoms with Gasteiger partial charge in [-0.05, 0) is 29.8 Å². The quantitative estimate of drug-likeness (QED) is 0.395. The number of hydrogen-bond donors (Lipinski definition) is 3. The van der Waals surface area contributed by atoms with Crippen molar-refractivity contribution in [3.05, 3.63) is 64.2 Å². The van der Waals surface area contributed by atoms with Gasteiger partial charge in [0.15, 0.2) is 0 Å². The summed E-state index contributed by atoms with van der Waals surface area (Å²) in [5.74, 6) is 0. The molecule has 0 fully saturated rings. The molecular weight excluding hydrogens is 350 g/mol. The molecule has 0 radical (unpaired) electrons. The first kappa shape index (κ1) is 14.9. The molecule has 0 aliphatic carbocycles. The van der Waals surface area contributed by atoms with Gasteiger partial charge < -0.3 is 10.7 Å². The highest BCUT2D eigenvalue weighted by atomic mass is 35.5. The molecule has 0 bridgehead atoms. The third-order valence-corrected chi connectivity index (χ3v) is 4.91. The van der Waals surface area contributed by atoms with E-state index < -0.39 is 0 Å². The summed E-state index contributed by atoms with van der Waals surface area (Å²) < 4.78 is 0. The monoisotopic (exact) mass is 361 g/mol. The van der Waals surface area contributed by atoms with Crippen molar-refractivity contribution >= 4 is 50.0 Å². The molecule has 0 saturated carbocycles. The molecule has 0 atom stereocenters. The maximum Gasteiger partial charge on any atom is 0.272 e. The Labute approximate surface area is 151 Å². The van der Waals surface area contributed by atoms with E-state index in [9.17, 15) is 4.79 Å². The molecule has 3 heterocycles. The second kappa shape index (κ2) is 5.31. The predicted molar refractivity (Wildman–Crippen MR) is 104 cm³/mol. The lowest BCUT2D eigenvalue weighted by Crippen LogP contribution is -2.13. The van der Waals surface area contributed by atoms with E-state index in [4.69, 9.17) is 17.3 Å². The highest BCUT2D eigenvalue weighted by molar-refractivity contribution is 6.37. The molecule has 5 rings (SSSR count). The van der Waals surface area contributed by atoms with Crippen LogP contribution in [0.5, 0.6) is 0 Å². The number of hydrogen-bond acceptors (Lipinski definition) is 4. The van der Waals surface area contributed by atoms with Crippen LogP contribution in [0.15, 0.2) is 53.6 Å². The second-order valence-electron chi connectivity index (χ2n) is 6.06. The van der Waals surface area contributed by atoms with Crippen molar-refractivity contribution in [3.8, 4) is 11.1 Å². The molecule has 0 spiro atoms. The van der Waals surface area contributed by atoms with E-state index in [0.717, 1.165) is 27.2 Å².